The molecule has 1 heterocycles. The minimum atomic E-state index is -0.466. The van der Waals surface area contributed by atoms with Crippen molar-refractivity contribution in [1.29, 1.82) is 0 Å². The van der Waals surface area contributed by atoms with Gasteiger partial charge < -0.3 is 5.11 Å². The van der Waals surface area contributed by atoms with Crippen molar-refractivity contribution in [1.82, 2.24) is 4.90 Å². The molecule has 1 rings (SSSR count). The number of hydrogen-bond acceptors (Lipinski definition) is 2. The zero-order valence-electron chi connectivity index (χ0n) is 8.08. The van der Waals surface area contributed by atoms with Gasteiger partial charge in [-0.15, -0.1) is 0 Å². The maximum atomic E-state index is 10.0. The molecule has 0 amide bonds. The fourth-order valence-corrected chi connectivity index (χ4v) is 1.54. The Hall–Kier alpha value is -0.340. The predicted octanol–water partition coefficient (Wildman–Crippen LogP) is 1.41. The average molecular weight is 169 g/mol. The Bertz CT molecular complexity index is 153. The van der Waals surface area contributed by atoms with Gasteiger partial charge in [0.25, 0.3) is 0 Å². The summed E-state index contributed by atoms with van der Waals surface area (Å²) in [5, 5.41) is 10.0. The quantitative estimate of drug-likeness (QED) is 0.643. The zero-order valence-corrected chi connectivity index (χ0v) is 8.08. The van der Waals surface area contributed by atoms with Gasteiger partial charge in [0.05, 0.1) is 5.60 Å². The third-order valence-corrected chi connectivity index (χ3v) is 2.73. The summed E-state index contributed by atoms with van der Waals surface area (Å²) in [4.78, 5) is 2.27. The maximum Gasteiger partial charge on any atom is 0.0769 e. The standard InChI is InChI=1S/C10H19NO/c1-3-10(12,4-2)9-11-7-5-6-8-11/h5-6,12H,3-4,7-9H2,1-2H3. The van der Waals surface area contributed by atoms with Crippen LogP contribution in [0.3, 0.4) is 0 Å². The van der Waals surface area contributed by atoms with Crippen molar-refractivity contribution in [2.24, 2.45) is 0 Å². The molecule has 0 aromatic carbocycles. The summed E-state index contributed by atoms with van der Waals surface area (Å²) >= 11 is 0. The van der Waals surface area contributed by atoms with Gasteiger partial charge in [0.2, 0.25) is 0 Å². The summed E-state index contributed by atoms with van der Waals surface area (Å²) in [5.74, 6) is 0. The second kappa shape index (κ2) is 4.06. The summed E-state index contributed by atoms with van der Waals surface area (Å²) in [5.41, 5.74) is -0.466. The Kier molecular flexibility index (Phi) is 3.29. The van der Waals surface area contributed by atoms with E-state index in [1.807, 2.05) is 13.8 Å². The van der Waals surface area contributed by atoms with Crippen LogP contribution < -0.4 is 0 Å². The number of β-amino-alcohol motifs (C(OH)–C–C–N with tert-alkyl or cyclic N) is 1. The third-order valence-electron chi connectivity index (χ3n) is 2.73. The first-order valence-electron chi connectivity index (χ1n) is 4.80. The summed E-state index contributed by atoms with van der Waals surface area (Å²) in [7, 11) is 0. The molecule has 12 heavy (non-hydrogen) atoms. The van der Waals surface area contributed by atoms with Crippen molar-refractivity contribution in [3.8, 4) is 0 Å². The molecule has 0 aromatic heterocycles. The summed E-state index contributed by atoms with van der Waals surface area (Å²) in [6.45, 7) is 6.91. The minimum absolute atomic E-state index is 0.466. The lowest BCUT2D eigenvalue weighted by Gasteiger charge is -2.30. The lowest BCUT2D eigenvalue weighted by atomic mass is 9.97. The second-order valence-corrected chi connectivity index (χ2v) is 3.60. The third kappa shape index (κ3) is 2.32. The van der Waals surface area contributed by atoms with Gasteiger partial charge in [0.1, 0.15) is 0 Å². The fourth-order valence-electron chi connectivity index (χ4n) is 1.54. The molecular weight excluding hydrogens is 150 g/mol. The van der Waals surface area contributed by atoms with E-state index in [1.165, 1.54) is 0 Å². The summed E-state index contributed by atoms with van der Waals surface area (Å²) < 4.78 is 0. The van der Waals surface area contributed by atoms with Crippen LogP contribution in [0.2, 0.25) is 0 Å². The van der Waals surface area contributed by atoms with Crippen molar-refractivity contribution in [3.05, 3.63) is 12.2 Å². The van der Waals surface area contributed by atoms with Crippen LogP contribution in [0.5, 0.6) is 0 Å². The Morgan fingerprint density at radius 3 is 2.17 bits per heavy atom. The zero-order chi connectivity index (χ0) is 9.03. The second-order valence-electron chi connectivity index (χ2n) is 3.60. The molecule has 0 aliphatic carbocycles. The van der Waals surface area contributed by atoms with E-state index in [-0.39, 0.29) is 0 Å². The molecule has 1 N–H and O–H groups in total. The van der Waals surface area contributed by atoms with Crippen LogP contribution in [-0.2, 0) is 0 Å². The maximum absolute atomic E-state index is 10.0. The Balaban J connectivity index is 2.36. The SMILES string of the molecule is CCC(O)(CC)CN1CC=CC1. The molecule has 0 fully saturated rings. The monoisotopic (exact) mass is 169 g/mol. The van der Waals surface area contributed by atoms with Crippen molar-refractivity contribution in [2.45, 2.75) is 32.3 Å². The molecule has 0 unspecified atom stereocenters. The molecule has 1 aliphatic rings. The molecule has 0 bridgehead atoms. The molecule has 0 spiro atoms. The molecule has 0 saturated heterocycles. The van der Waals surface area contributed by atoms with Gasteiger partial charge >= 0.3 is 0 Å². The van der Waals surface area contributed by atoms with Gasteiger partial charge in [0, 0.05) is 19.6 Å². The van der Waals surface area contributed by atoms with E-state index in [0.29, 0.717) is 0 Å². The van der Waals surface area contributed by atoms with Gasteiger partial charge in [0.15, 0.2) is 0 Å². The van der Waals surface area contributed by atoms with Crippen LogP contribution in [0.1, 0.15) is 26.7 Å². The summed E-state index contributed by atoms with van der Waals surface area (Å²) in [6.07, 6.45) is 6.01. The number of nitrogens with zero attached hydrogens (tertiary/aromatic N) is 1. The normalized spacial score (nSPS) is 18.9. The highest BCUT2D eigenvalue weighted by molar-refractivity contribution is 4.97. The summed E-state index contributed by atoms with van der Waals surface area (Å²) in [6, 6.07) is 0. The number of rotatable bonds is 4. The Labute approximate surface area is 74.9 Å². The highest BCUT2D eigenvalue weighted by Gasteiger charge is 2.25. The number of hydrogen-bond donors (Lipinski definition) is 1. The van der Waals surface area contributed by atoms with E-state index in [4.69, 9.17) is 0 Å². The molecule has 0 atom stereocenters. The molecule has 0 saturated carbocycles. The van der Waals surface area contributed by atoms with Crippen LogP contribution in [0.15, 0.2) is 12.2 Å². The molecule has 2 heteroatoms. The van der Waals surface area contributed by atoms with Gasteiger partial charge in [-0.3, -0.25) is 4.90 Å². The van der Waals surface area contributed by atoms with Crippen LogP contribution in [-0.4, -0.2) is 35.2 Å². The van der Waals surface area contributed by atoms with Crippen LogP contribution in [0.4, 0.5) is 0 Å². The Morgan fingerprint density at radius 2 is 1.75 bits per heavy atom. The number of aliphatic hydroxyl groups is 1. The van der Waals surface area contributed by atoms with E-state index in [2.05, 4.69) is 17.1 Å². The smallest absolute Gasteiger partial charge is 0.0769 e. The first kappa shape index (κ1) is 9.75. The van der Waals surface area contributed by atoms with E-state index in [9.17, 15) is 5.11 Å². The average Bonchev–Trinajstić information content (AvgIpc) is 2.57. The highest BCUT2D eigenvalue weighted by Crippen LogP contribution is 2.17. The van der Waals surface area contributed by atoms with Gasteiger partial charge in [-0.05, 0) is 12.8 Å². The largest absolute Gasteiger partial charge is 0.389 e. The molecule has 1 aliphatic heterocycles. The van der Waals surface area contributed by atoms with Crippen molar-refractivity contribution in [3.63, 3.8) is 0 Å². The first-order valence-corrected chi connectivity index (χ1v) is 4.80. The first-order chi connectivity index (χ1) is 5.70. The van der Waals surface area contributed by atoms with Crippen LogP contribution in [0.25, 0.3) is 0 Å². The molecule has 0 radical (unpaired) electrons. The molecule has 2 nitrogen and oxygen atoms in total. The topological polar surface area (TPSA) is 23.5 Å². The van der Waals surface area contributed by atoms with Crippen molar-refractivity contribution < 1.29 is 5.11 Å². The van der Waals surface area contributed by atoms with E-state index < -0.39 is 5.60 Å². The van der Waals surface area contributed by atoms with Gasteiger partial charge in [-0.2, -0.15) is 0 Å². The van der Waals surface area contributed by atoms with Gasteiger partial charge in [-0.25, -0.2) is 0 Å². The van der Waals surface area contributed by atoms with Gasteiger partial charge in [-0.1, -0.05) is 26.0 Å². The van der Waals surface area contributed by atoms with E-state index in [0.717, 1.165) is 32.5 Å². The highest BCUT2D eigenvalue weighted by atomic mass is 16.3. The lowest BCUT2D eigenvalue weighted by Crippen LogP contribution is -2.41. The predicted molar refractivity (Wildman–Crippen MR) is 51.1 cm³/mol. The van der Waals surface area contributed by atoms with Crippen LogP contribution >= 0.6 is 0 Å². The van der Waals surface area contributed by atoms with Crippen molar-refractivity contribution >= 4 is 0 Å². The van der Waals surface area contributed by atoms with E-state index >= 15 is 0 Å². The fraction of sp³-hybridized carbons (Fsp3) is 0.800. The van der Waals surface area contributed by atoms with Crippen LogP contribution in [0, 0.1) is 0 Å². The molecule has 70 valence electrons. The molecule has 0 aromatic rings. The Morgan fingerprint density at radius 1 is 1.25 bits per heavy atom. The van der Waals surface area contributed by atoms with E-state index in [1.54, 1.807) is 0 Å². The minimum Gasteiger partial charge on any atom is -0.389 e. The van der Waals surface area contributed by atoms with Crippen molar-refractivity contribution in [2.75, 3.05) is 19.6 Å². The molecular formula is C10H19NO. The lowest BCUT2D eigenvalue weighted by molar-refractivity contribution is 0.00372.